The van der Waals surface area contributed by atoms with E-state index >= 15 is 4.39 Å². The number of nitrogens with zero attached hydrogens (tertiary/aromatic N) is 4. The van der Waals surface area contributed by atoms with Crippen LogP contribution in [0.15, 0.2) is 48.8 Å². The van der Waals surface area contributed by atoms with Gasteiger partial charge in [-0.05, 0) is 44.2 Å². The lowest BCUT2D eigenvalue weighted by molar-refractivity contribution is 0.167. The van der Waals surface area contributed by atoms with E-state index in [1.807, 2.05) is 0 Å². The van der Waals surface area contributed by atoms with E-state index in [1.54, 1.807) is 45.4 Å². The minimum absolute atomic E-state index is 0.137. The molecule has 0 spiro atoms. The fourth-order valence-electron chi connectivity index (χ4n) is 4.19. The number of halogens is 4. The summed E-state index contributed by atoms with van der Waals surface area (Å²) in [6.45, 7) is 3.17. The molecule has 0 unspecified atom stereocenters. The number of pyridine rings is 2. The van der Waals surface area contributed by atoms with Crippen molar-refractivity contribution in [1.29, 1.82) is 0 Å². The molecule has 3 heterocycles. The van der Waals surface area contributed by atoms with Crippen LogP contribution in [0.1, 0.15) is 13.8 Å². The Bertz CT molecular complexity index is 1750. The first-order valence-corrected chi connectivity index (χ1v) is 13.4. The highest BCUT2D eigenvalue weighted by molar-refractivity contribution is 7.21. The zero-order valence-electron chi connectivity index (χ0n) is 21.2. The van der Waals surface area contributed by atoms with Gasteiger partial charge in [0.2, 0.25) is 5.95 Å². The number of carboxylic acid groups (broad SMARTS) is 1. The van der Waals surface area contributed by atoms with Gasteiger partial charge in [0.15, 0.2) is 11.6 Å². The largest absolute Gasteiger partial charge is 0.495 e. The summed E-state index contributed by atoms with van der Waals surface area (Å²) in [5, 5.41) is 11.3. The van der Waals surface area contributed by atoms with Crippen LogP contribution in [-0.2, 0) is 0 Å². The van der Waals surface area contributed by atoms with Gasteiger partial charge in [-0.1, -0.05) is 23.2 Å². The fourth-order valence-corrected chi connectivity index (χ4v) is 5.73. The zero-order chi connectivity index (χ0) is 28.7. The predicted octanol–water partition coefficient (Wildman–Crippen LogP) is 7.84. The second-order valence-electron chi connectivity index (χ2n) is 8.82. The molecule has 0 fully saturated rings. The van der Waals surface area contributed by atoms with Crippen molar-refractivity contribution in [2.24, 2.45) is 0 Å². The first-order valence-electron chi connectivity index (χ1n) is 11.8. The Morgan fingerprint density at radius 3 is 2.52 bits per heavy atom. The Labute approximate surface area is 240 Å². The molecule has 2 aromatic carbocycles. The van der Waals surface area contributed by atoms with Gasteiger partial charge in [0.1, 0.15) is 27.4 Å². The summed E-state index contributed by atoms with van der Waals surface area (Å²) in [5.74, 6) is -1.19. The van der Waals surface area contributed by atoms with Crippen LogP contribution in [0.25, 0.3) is 31.7 Å². The van der Waals surface area contributed by atoms with Crippen molar-refractivity contribution in [3.05, 3.63) is 70.6 Å². The quantitative estimate of drug-likeness (QED) is 0.189. The van der Waals surface area contributed by atoms with Crippen LogP contribution in [-0.4, -0.2) is 45.4 Å². The van der Waals surface area contributed by atoms with Crippen LogP contribution in [0.5, 0.6) is 11.5 Å². The molecule has 8 nitrogen and oxygen atoms in total. The predicted molar refractivity (Wildman–Crippen MR) is 151 cm³/mol. The van der Waals surface area contributed by atoms with Gasteiger partial charge < -0.3 is 14.6 Å². The minimum Gasteiger partial charge on any atom is -0.495 e. The van der Waals surface area contributed by atoms with E-state index in [0.717, 1.165) is 22.5 Å². The molecule has 2 atom stereocenters. The molecule has 0 aliphatic carbocycles. The number of methoxy groups -OCH3 is 1. The molecule has 0 radical (unpaired) electrons. The van der Waals surface area contributed by atoms with Crippen molar-refractivity contribution in [2.75, 3.05) is 12.0 Å². The number of carbonyl (C=O) groups is 1. The lowest BCUT2D eigenvalue weighted by atomic mass is 10.1. The summed E-state index contributed by atoms with van der Waals surface area (Å²) in [7, 11) is 1.54. The van der Waals surface area contributed by atoms with E-state index in [4.69, 9.17) is 32.7 Å². The standard InChI is InChI=1S/C27H20Cl2F2N4O4S/c1-12(35(27(36)37)16-4-5-21(30)32-10-16)13(2)39-19-9-20-25(22(29)23(19)31)34-26(40-20)18-8-15(28)6-14-7-17(38-3)11-33-24(14)18/h4-13H,1-3H3,(H,36,37)/t12-,13+/m1/s1. The van der Waals surface area contributed by atoms with Gasteiger partial charge in [-0.25, -0.2) is 19.2 Å². The third-order valence-corrected chi connectivity index (χ3v) is 7.92. The highest BCUT2D eigenvalue weighted by Crippen LogP contribution is 2.41. The summed E-state index contributed by atoms with van der Waals surface area (Å²) in [5.41, 5.74) is 1.64. The zero-order valence-corrected chi connectivity index (χ0v) is 23.5. The Kier molecular flexibility index (Phi) is 7.63. The number of ether oxygens (including phenoxy) is 2. The molecular weight excluding hydrogens is 585 g/mol. The number of hydrogen-bond acceptors (Lipinski definition) is 7. The average Bonchev–Trinajstić information content (AvgIpc) is 3.35. The molecule has 40 heavy (non-hydrogen) atoms. The molecule has 1 amide bonds. The van der Waals surface area contributed by atoms with Crippen LogP contribution in [0, 0.1) is 11.8 Å². The van der Waals surface area contributed by atoms with Crippen LogP contribution in [0.2, 0.25) is 10.0 Å². The highest BCUT2D eigenvalue weighted by atomic mass is 35.5. The molecule has 0 saturated heterocycles. The number of anilines is 1. The van der Waals surface area contributed by atoms with Crippen LogP contribution in [0.3, 0.4) is 0 Å². The normalized spacial score (nSPS) is 12.9. The molecule has 0 saturated carbocycles. The van der Waals surface area contributed by atoms with Crippen molar-refractivity contribution < 1.29 is 28.2 Å². The van der Waals surface area contributed by atoms with Crippen molar-refractivity contribution in [3.63, 3.8) is 0 Å². The number of fused-ring (bicyclic) bond motifs is 2. The average molecular weight is 605 g/mol. The fraction of sp³-hybridized carbons (Fsp3) is 0.185. The van der Waals surface area contributed by atoms with E-state index in [1.165, 1.54) is 23.5 Å². The summed E-state index contributed by atoms with van der Waals surface area (Å²) in [6, 6.07) is 8.27. The Hall–Kier alpha value is -3.80. The minimum atomic E-state index is -1.31. The van der Waals surface area contributed by atoms with E-state index in [0.29, 0.717) is 31.6 Å². The molecule has 206 valence electrons. The van der Waals surface area contributed by atoms with Gasteiger partial charge in [0, 0.05) is 22.0 Å². The first kappa shape index (κ1) is 27.8. The monoisotopic (exact) mass is 604 g/mol. The topological polar surface area (TPSA) is 97.7 Å². The molecule has 5 aromatic rings. The van der Waals surface area contributed by atoms with E-state index < -0.39 is 30.0 Å². The third kappa shape index (κ3) is 5.19. The third-order valence-electron chi connectivity index (χ3n) is 6.32. The molecule has 13 heteroatoms. The smallest absolute Gasteiger partial charge is 0.412 e. The molecule has 0 bridgehead atoms. The number of aromatic nitrogens is 3. The second-order valence-corrected chi connectivity index (χ2v) is 10.7. The van der Waals surface area contributed by atoms with Crippen molar-refractivity contribution in [3.8, 4) is 22.1 Å². The van der Waals surface area contributed by atoms with Gasteiger partial charge in [0.05, 0.1) is 41.4 Å². The van der Waals surface area contributed by atoms with Gasteiger partial charge >= 0.3 is 6.09 Å². The summed E-state index contributed by atoms with van der Waals surface area (Å²) in [4.78, 5) is 25.5. The molecule has 5 rings (SSSR count). The number of rotatable bonds is 7. The molecule has 3 aromatic heterocycles. The number of benzene rings is 2. The maximum absolute atomic E-state index is 15.4. The molecular formula is C27H20Cl2F2N4O4S. The molecule has 0 aliphatic rings. The molecule has 1 N–H and O–H groups in total. The van der Waals surface area contributed by atoms with Crippen LogP contribution < -0.4 is 14.4 Å². The van der Waals surface area contributed by atoms with Gasteiger partial charge in [-0.2, -0.15) is 4.39 Å². The SMILES string of the molecule is COc1cnc2c(-c3nc4c(Cl)c(F)c(O[C@@H](C)[C@@H](C)N(C(=O)O)c5ccc(F)nc5)cc4s3)cc(Cl)cc2c1. The lowest BCUT2D eigenvalue weighted by Crippen LogP contribution is -2.46. The van der Waals surface area contributed by atoms with Gasteiger partial charge in [-0.15, -0.1) is 11.3 Å². The van der Waals surface area contributed by atoms with E-state index in [2.05, 4.69) is 15.0 Å². The van der Waals surface area contributed by atoms with Crippen molar-refractivity contribution >= 4 is 67.4 Å². The first-order chi connectivity index (χ1) is 19.1. The van der Waals surface area contributed by atoms with Crippen molar-refractivity contribution in [1.82, 2.24) is 15.0 Å². The Morgan fingerprint density at radius 2 is 1.85 bits per heavy atom. The lowest BCUT2D eigenvalue weighted by Gasteiger charge is -2.31. The second kappa shape index (κ2) is 11.0. The summed E-state index contributed by atoms with van der Waals surface area (Å²) >= 11 is 14.0. The maximum Gasteiger partial charge on any atom is 0.412 e. The summed E-state index contributed by atoms with van der Waals surface area (Å²) < 4.78 is 40.3. The Balaban J connectivity index is 1.50. The summed E-state index contributed by atoms with van der Waals surface area (Å²) in [6.07, 6.45) is 0.529. The maximum atomic E-state index is 15.4. The molecule has 0 aliphatic heterocycles. The number of hydrogen-bond donors (Lipinski definition) is 1. The van der Waals surface area contributed by atoms with Crippen molar-refractivity contribution in [2.45, 2.75) is 26.0 Å². The number of amides is 1. The van der Waals surface area contributed by atoms with E-state index in [-0.39, 0.29) is 22.0 Å². The van der Waals surface area contributed by atoms with Crippen LogP contribution in [0.4, 0.5) is 19.3 Å². The van der Waals surface area contributed by atoms with E-state index in [9.17, 15) is 14.3 Å². The van der Waals surface area contributed by atoms with Crippen LogP contribution >= 0.6 is 34.5 Å². The van der Waals surface area contributed by atoms with Gasteiger partial charge in [-0.3, -0.25) is 9.88 Å². The number of thiazole rings is 1. The highest BCUT2D eigenvalue weighted by Gasteiger charge is 2.29. The van der Waals surface area contributed by atoms with Gasteiger partial charge in [0.25, 0.3) is 0 Å². The Morgan fingerprint density at radius 1 is 1.07 bits per heavy atom.